The molecule has 0 saturated carbocycles. The van der Waals surface area contributed by atoms with Gasteiger partial charge in [0.05, 0.1) is 0 Å². The number of hydrogen-bond donors (Lipinski definition) is 1. The summed E-state index contributed by atoms with van der Waals surface area (Å²) < 4.78 is 0. The van der Waals surface area contributed by atoms with Crippen molar-refractivity contribution in [2.75, 3.05) is 13.1 Å². The third kappa shape index (κ3) is 29.7. The van der Waals surface area contributed by atoms with Gasteiger partial charge >= 0.3 is 0 Å². The molecule has 0 radical (unpaired) electrons. The summed E-state index contributed by atoms with van der Waals surface area (Å²) in [6.07, 6.45) is 38.8. The van der Waals surface area contributed by atoms with Crippen LogP contribution in [-0.2, 0) is 0 Å². The fourth-order valence-corrected chi connectivity index (χ4v) is 4.36. The lowest BCUT2D eigenvalue weighted by atomic mass is 10.1. The largest absolute Gasteiger partial charge is 0.317 e. The second kappa shape index (κ2) is 29.7. The molecule has 1 N–H and O–H groups in total. The molecule has 0 aliphatic heterocycles. The predicted molar refractivity (Wildman–Crippen MR) is 144 cm³/mol. The average molecular weight is 436 g/mol. The van der Waals surface area contributed by atoms with E-state index in [1.807, 2.05) is 0 Å². The van der Waals surface area contributed by atoms with E-state index in [-0.39, 0.29) is 0 Å². The molecule has 0 spiro atoms. The van der Waals surface area contributed by atoms with Crippen molar-refractivity contribution in [3.05, 3.63) is 12.2 Å². The molecule has 0 amide bonds. The van der Waals surface area contributed by atoms with Gasteiger partial charge < -0.3 is 5.32 Å². The molecule has 0 rings (SSSR count). The topological polar surface area (TPSA) is 12.0 Å². The van der Waals surface area contributed by atoms with Crippen molar-refractivity contribution in [1.82, 2.24) is 5.32 Å². The minimum atomic E-state index is 1.23. The Bertz CT molecular complexity index is 322. The monoisotopic (exact) mass is 435 g/mol. The van der Waals surface area contributed by atoms with Crippen LogP contribution in [0.4, 0.5) is 0 Å². The van der Waals surface area contributed by atoms with Crippen molar-refractivity contribution in [1.29, 1.82) is 0 Å². The molecular weight excluding hydrogens is 374 g/mol. The summed E-state index contributed by atoms with van der Waals surface area (Å²) in [5.41, 5.74) is 0. The summed E-state index contributed by atoms with van der Waals surface area (Å²) >= 11 is 0. The molecule has 1 nitrogen and oxygen atoms in total. The predicted octanol–water partition coefficient (Wildman–Crippen LogP) is 10.5. The van der Waals surface area contributed by atoms with Gasteiger partial charge in [-0.05, 0) is 51.6 Å². The Kier molecular flexibility index (Phi) is 29.4. The van der Waals surface area contributed by atoms with Crippen LogP contribution in [0.25, 0.3) is 0 Å². The lowest BCUT2D eigenvalue weighted by Gasteiger charge is -2.05. The first-order valence-corrected chi connectivity index (χ1v) is 14.8. The Morgan fingerprint density at radius 1 is 0.355 bits per heavy atom. The third-order valence-corrected chi connectivity index (χ3v) is 6.57. The Labute approximate surface area is 198 Å². The SMILES string of the molecule is CCCCCCCC/C=C\CCCCCCCCNCCCCCCCCCCCC. The van der Waals surface area contributed by atoms with Gasteiger partial charge in [-0.2, -0.15) is 0 Å². The molecule has 0 heterocycles. The molecule has 186 valence electrons. The zero-order chi connectivity index (χ0) is 22.5. The Morgan fingerprint density at radius 2 is 0.645 bits per heavy atom. The van der Waals surface area contributed by atoms with Gasteiger partial charge in [0, 0.05) is 0 Å². The summed E-state index contributed by atoms with van der Waals surface area (Å²) in [5, 5.41) is 3.65. The van der Waals surface area contributed by atoms with Crippen LogP contribution in [0.1, 0.15) is 168 Å². The maximum Gasteiger partial charge on any atom is -0.00489 e. The molecule has 0 aromatic heterocycles. The molecule has 0 unspecified atom stereocenters. The number of nitrogens with one attached hydrogen (secondary N) is 1. The van der Waals surface area contributed by atoms with Gasteiger partial charge in [0.2, 0.25) is 0 Å². The van der Waals surface area contributed by atoms with E-state index in [4.69, 9.17) is 0 Å². The van der Waals surface area contributed by atoms with Crippen LogP contribution in [0.2, 0.25) is 0 Å². The van der Waals surface area contributed by atoms with Crippen molar-refractivity contribution >= 4 is 0 Å². The number of unbranched alkanes of at least 4 members (excludes halogenated alkanes) is 21. The first-order valence-electron chi connectivity index (χ1n) is 14.8. The molecular formula is C30H61N. The van der Waals surface area contributed by atoms with Gasteiger partial charge in [-0.25, -0.2) is 0 Å². The molecule has 0 fully saturated rings. The van der Waals surface area contributed by atoms with E-state index in [0.29, 0.717) is 0 Å². The summed E-state index contributed by atoms with van der Waals surface area (Å²) in [4.78, 5) is 0. The normalized spacial score (nSPS) is 11.7. The van der Waals surface area contributed by atoms with Crippen LogP contribution >= 0.6 is 0 Å². The van der Waals surface area contributed by atoms with Crippen molar-refractivity contribution in [2.45, 2.75) is 168 Å². The van der Waals surface area contributed by atoms with Crippen molar-refractivity contribution in [3.63, 3.8) is 0 Å². The summed E-state index contributed by atoms with van der Waals surface area (Å²) in [5.74, 6) is 0. The van der Waals surface area contributed by atoms with Crippen molar-refractivity contribution in [2.24, 2.45) is 0 Å². The van der Waals surface area contributed by atoms with E-state index in [1.54, 1.807) is 0 Å². The van der Waals surface area contributed by atoms with Gasteiger partial charge in [-0.15, -0.1) is 0 Å². The molecule has 0 atom stereocenters. The highest BCUT2D eigenvalue weighted by molar-refractivity contribution is 4.81. The number of allylic oxidation sites excluding steroid dienone is 2. The lowest BCUT2D eigenvalue weighted by molar-refractivity contribution is 0.530. The average Bonchev–Trinajstić information content (AvgIpc) is 2.78. The van der Waals surface area contributed by atoms with Crippen molar-refractivity contribution < 1.29 is 0 Å². The van der Waals surface area contributed by atoms with E-state index >= 15 is 0 Å². The smallest absolute Gasteiger partial charge is 0.00489 e. The molecule has 0 aromatic rings. The van der Waals surface area contributed by atoms with Gasteiger partial charge in [-0.1, -0.05) is 142 Å². The lowest BCUT2D eigenvalue weighted by Crippen LogP contribution is -2.16. The van der Waals surface area contributed by atoms with E-state index in [9.17, 15) is 0 Å². The first-order chi connectivity index (χ1) is 15.4. The zero-order valence-corrected chi connectivity index (χ0v) is 22.0. The van der Waals surface area contributed by atoms with E-state index in [0.717, 1.165) is 0 Å². The van der Waals surface area contributed by atoms with Gasteiger partial charge in [0.1, 0.15) is 0 Å². The van der Waals surface area contributed by atoms with E-state index in [1.165, 1.54) is 167 Å². The number of rotatable bonds is 27. The minimum absolute atomic E-state index is 1.23. The van der Waals surface area contributed by atoms with Crippen LogP contribution < -0.4 is 5.32 Å². The number of hydrogen-bond acceptors (Lipinski definition) is 1. The Hall–Kier alpha value is -0.300. The first kappa shape index (κ1) is 30.7. The Morgan fingerprint density at radius 3 is 1.00 bits per heavy atom. The second-order valence-electron chi connectivity index (χ2n) is 9.87. The molecule has 0 aliphatic carbocycles. The highest BCUT2D eigenvalue weighted by atomic mass is 14.8. The highest BCUT2D eigenvalue weighted by Gasteiger charge is 1.94. The van der Waals surface area contributed by atoms with Gasteiger partial charge in [0.15, 0.2) is 0 Å². The molecule has 0 bridgehead atoms. The van der Waals surface area contributed by atoms with Crippen LogP contribution in [0.5, 0.6) is 0 Å². The molecule has 0 aromatic carbocycles. The van der Waals surface area contributed by atoms with Crippen LogP contribution in [0.15, 0.2) is 12.2 Å². The van der Waals surface area contributed by atoms with Crippen molar-refractivity contribution in [3.8, 4) is 0 Å². The standard InChI is InChI=1S/C30H61N/c1-3-5-7-9-11-13-15-16-17-18-19-20-22-24-26-28-30-31-29-27-25-23-21-14-12-10-8-6-4-2/h16-17,31H,3-15,18-30H2,1-2H3/b17-16-. The maximum atomic E-state index is 3.65. The zero-order valence-electron chi connectivity index (χ0n) is 22.0. The quantitative estimate of drug-likeness (QED) is 0.0998. The third-order valence-electron chi connectivity index (χ3n) is 6.57. The summed E-state index contributed by atoms with van der Waals surface area (Å²) in [6, 6.07) is 0. The highest BCUT2D eigenvalue weighted by Crippen LogP contribution is 2.11. The van der Waals surface area contributed by atoms with Crippen LogP contribution in [-0.4, -0.2) is 13.1 Å². The summed E-state index contributed by atoms with van der Waals surface area (Å²) in [7, 11) is 0. The fraction of sp³-hybridized carbons (Fsp3) is 0.933. The molecule has 0 saturated heterocycles. The Balaban J connectivity index is 3.04. The fourth-order valence-electron chi connectivity index (χ4n) is 4.36. The maximum absolute atomic E-state index is 3.65. The molecule has 31 heavy (non-hydrogen) atoms. The van der Waals surface area contributed by atoms with Crippen LogP contribution in [0, 0.1) is 0 Å². The second-order valence-corrected chi connectivity index (χ2v) is 9.87. The van der Waals surface area contributed by atoms with Gasteiger partial charge in [-0.3, -0.25) is 0 Å². The molecule has 1 heteroatoms. The van der Waals surface area contributed by atoms with Crippen LogP contribution in [0.3, 0.4) is 0 Å². The summed E-state index contributed by atoms with van der Waals surface area (Å²) in [6.45, 7) is 7.06. The van der Waals surface area contributed by atoms with Gasteiger partial charge in [0.25, 0.3) is 0 Å². The molecule has 0 aliphatic rings. The van der Waals surface area contributed by atoms with E-state index in [2.05, 4.69) is 31.3 Å². The minimum Gasteiger partial charge on any atom is -0.317 e. The van der Waals surface area contributed by atoms with E-state index < -0.39 is 0 Å².